The Morgan fingerprint density at radius 1 is 1.32 bits per heavy atom. The predicted octanol–water partition coefficient (Wildman–Crippen LogP) is 3.75. The molecule has 2 fully saturated rings. The van der Waals surface area contributed by atoms with Crippen LogP contribution < -0.4 is 0 Å². The second-order valence-electron chi connectivity index (χ2n) is 7.49. The Labute approximate surface area is 132 Å². The zero-order valence-corrected chi connectivity index (χ0v) is 14.1. The molecule has 1 unspecified atom stereocenters. The lowest BCUT2D eigenvalue weighted by Crippen LogP contribution is -2.41. The molecule has 4 nitrogen and oxygen atoms in total. The first kappa shape index (κ1) is 17.5. The van der Waals surface area contributed by atoms with Gasteiger partial charge in [0.05, 0.1) is 17.1 Å². The van der Waals surface area contributed by atoms with E-state index in [0.717, 1.165) is 0 Å². The molecular weight excluding hydrogens is 286 g/mol. The van der Waals surface area contributed by atoms with Crippen LogP contribution in [-0.2, 0) is 14.1 Å². The van der Waals surface area contributed by atoms with Gasteiger partial charge in [-0.15, -0.1) is 0 Å². The van der Waals surface area contributed by atoms with E-state index < -0.39 is 24.3 Å². The second-order valence-corrected chi connectivity index (χ2v) is 7.49. The first-order chi connectivity index (χ1) is 10.1. The van der Waals surface area contributed by atoms with E-state index in [0.29, 0.717) is 31.3 Å². The van der Waals surface area contributed by atoms with Crippen LogP contribution in [0, 0.1) is 11.8 Å². The van der Waals surface area contributed by atoms with E-state index in [1.165, 1.54) is 0 Å². The number of hydrogen-bond acceptors (Lipinski definition) is 3. The predicted molar refractivity (Wildman–Crippen MR) is 83.0 cm³/mol. The Morgan fingerprint density at radius 2 is 1.82 bits per heavy atom. The van der Waals surface area contributed by atoms with Gasteiger partial charge in [0.1, 0.15) is 5.73 Å². The van der Waals surface area contributed by atoms with Crippen molar-refractivity contribution in [3.05, 3.63) is 11.3 Å². The van der Waals surface area contributed by atoms with Gasteiger partial charge in [-0.05, 0) is 64.9 Å². The fourth-order valence-electron chi connectivity index (χ4n) is 2.96. The van der Waals surface area contributed by atoms with E-state index >= 15 is 0 Å². The summed E-state index contributed by atoms with van der Waals surface area (Å²) in [4.78, 5) is 11.0. The number of rotatable bonds is 5. The van der Waals surface area contributed by atoms with Crippen molar-refractivity contribution < 1.29 is 23.6 Å². The third-order valence-electron chi connectivity index (χ3n) is 5.33. The molecule has 2 rings (SSSR count). The molecule has 0 bridgehead atoms. The van der Waals surface area contributed by atoms with Crippen molar-refractivity contribution in [1.82, 2.24) is 0 Å². The average molecular weight is 312 g/mol. The Morgan fingerprint density at radius 3 is 2.23 bits per heavy atom. The quantitative estimate of drug-likeness (QED) is 0.786. The van der Waals surface area contributed by atoms with Gasteiger partial charge in [0, 0.05) is 0 Å². The molecule has 0 aromatic carbocycles. The minimum absolute atomic E-state index is 0.254. The first-order valence-electron chi connectivity index (χ1n) is 8.03. The van der Waals surface area contributed by atoms with Crippen LogP contribution in [0.1, 0.15) is 60.3 Å². The van der Waals surface area contributed by atoms with Crippen molar-refractivity contribution in [1.29, 1.82) is 0 Å². The van der Waals surface area contributed by atoms with Gasteiger partial charge in [0.2, 0.25) is 0 Å². The van der Waals surface area contributed by atoms with Gasteiger partial charge >= 0.3 is 13.1 Å². The number of hydrogen-bond donors (Lipinski definition) is 1. The highest BCUT2D eigenvalue weighted by molar-refractivity contribution is 6.53. The molecule has 1 atom stereocenters. The summed E-state index contributed by atoms with van der Waals surface area (Å²) in [5, 5.41) is 9.08. The summed E-state index contributed by atoms with van der Waals surface area (Å²) in [6.45, 7) is 9.46. The molecule has 6 heteroatoms. The number of carboxylic acids is 1. The van der Waals surface area contributed by atoms with Crippen molar-refractivity contribution in [2.45, 2.75) is 71.5 Å². The molecule has 1 N–H and O–H groups in total. The molecule has 0 radical (unpaired) electrons. The summed E-state index contributed by atoms with van der Waals surface area (Å²) in [7, 11) is -0.928. The van der Waals surface area contributed by atoms with Gasteiger partial charge in [0.15, 0.2) is 0 Å². The van der Waals surface area contributed by atoms with Gasteiger partial charge < -0.3 is 14.4 Å². The highest BCUT2D eigenvalue weighted by Crippen LogP contribution is 2.44. The van der Waals surface area contributed by atoms with E-state index in [9.17, 15) is 9.18 Å². The van der Waals surface area contributed by atoms with E-state index in [2.05, 4.69) is 0 Å². The van der Waals surface area contributed by atoms with Gasteiger partial charge in [-0.3, -0.25) is 4.79 Å². The highest BCUT2D eigenvalue weighted by atomic mass is 19.1. The third kappa shape index (κ3) is 3.23. The number of halogens is 1. The Balaban J connectivity index is 1.94. The maximum Gasteiger partial charge on any atom is 0.525 e. The number of carboxylic acid groups (broad SMARTS) is 1. The van der Waals surface area contributed by atoms with Gasteiger partial charge in [-0.25, -0.2) is 4.39 Å². The molecule has 2 aliphatic rings. The molecular formula is C16H26BFO4. The molecule has 0 aromatic heterocycles. The first-order valence-corrected chi connectivity index (χ1v) is 8.03. The van der Waals surface area contributed by atoms with Crippen LogP contribution >= 0.6 is 0 Å². The number of allylic oxidation sites excluding steroid dienone is 1. The molecule has 124 valence electrons. The summed E-state index contributed by atoms with van der Waals surface area (Å²) in [5.74, 6) is -0.831. The van der Waals surface area contributed by atoms with Gasteiger partial charge in [-0.1, -0.05) is 6.92 Å². The van der Waals surface area contributed by atoms with Gasteiger partial charge in [0.25, 0.3) is 0 Å². The number of carbonyl (C=O) groups is 1. The molecule has 1 saturated heterocycles. The summed E-state index contributed by atoms with van der Waals surface area (Å²) in [6, 6.07) is 0. The summed E-state index contributed by atoms with van der Waals surface area (Å²) >= 11 is 0. The van der Waals surface area contributed by atoms with Crippen LogP contribution in [0.15, 0.2) is 11.3 Å². The summed E-state index contributed by atoms with van der Waals surface area (Å²) in [5.41, 5.74) is -0.702. The Kier molecular flexibility index (Phi) is 4.74. The third-order valence-corrected chi connectivity index (χ3v) is 5.33. The topological polar surface area (TPSA) is 55.8 Å². The SMILES string of the molecule is CCC(CC1CC(=C(F)B2OC(C)(C)C(C)(C)O2)C1)C(=O)O. The molecule has 1 heterocycles. The van der Waals surface area contributed by atoms with E-state index in [1.807, 2.05) is 34.6 Å². The second kappa shape index (κ2) is 5.97. The molecule has 1 aliphatic heterocycles. The lowest BCUT2D eigenvalue weighted by Gasteiger charge is -2.32. The lowest BCUT2D eigenvalue weighted by molar-refractivity contribution is -0.142. The monoisotopic (exact) mass is 312 g/mol. The Bertz CT molecular complexity index is 463. The standard InChI is InChI=1S/C16H26BFO4/c1-6-11(14(19)20)7-10-8-12(9-10)13(18)17-21-15(2,3)16(4,5)22-17/h10-11H,6-9H2,1-5H3,(H,19,20). The Hall–Kier alpha value is -0.875. The van der Waals surface area contributed by atoms with Crippen molar-refractivity contribution in [3.8, 4) is 0 Å². The van der Waals surface area contributed by atoms with Crippen molar-refractivity contribution in [3.63, 3.8) is 0 Å². The molecule has 1 aliphatic carbocycles. The fourth-order valence-corrected chi connectivity index (χ4v) is 2.96. The number of aliphatic carboxylic acids is 1. The van der Waals surface area contributed by atoms with Crippen LogP contribution in [0.5, 0.6) is 0 Å². The maximum absolute atomic E-state index is 14.5. The summed E-state index contributed by atoms with van der Waals surface area (Å²) < 4.78 is 25.9. The summed E-state index contributed by atoms with van der Waals surface area (Å²) in [6.07, 6.45) is 2.45. The van der Waals surface area contributed by atoms with Gasteiger partial charge in [-0.2, -0.15) is 0 Å². The van der Waals surface area contributed by atoms with Crippen molar-refractivity contribution in [2.24, 2.45) is 11.8 Å². The van der Waals surface area contributed by atoms with Crippen LogP contribution in [-0.4, -0.2) is 29.4 Å². The van der Waals surface area contributed by atoms with Crippen molar-refractivity contribution in [2.75, 3.05) is 0 Å². The molecule has 1 saturated carbocycles. The fraction of sp³-hybridized carbons (Fsp3) is 0.812. The van der Waals surface area contributed by atoms with Crippen LogP contribution in [0.4, 0.5) is 4.39 Å². The van der Waals surface area contributed by atoms with E-state index in [1.54, 1.807) is 0 Å². The zero-order valence-electron chi connectivity index (χ0n) is 14.1. The zero-order chi connectivity index (χ0) is 16.7. The highest BCUT2D eigenvalue weighted by Gasteiger charge is 2.54. The van der Waals surface area contributed by atoms with E-state index in [-0.39, 0.29) is 17.6 Å². The van der Waals surface area contributed by atoms with Crippen molar-refractivity contribution >= 4 is 13.1 Å². The minimum Gasteiger partial charge on any atom is -0.481 e. The normalized spacial score (nSPS) is 27.5. The molecule has 0 amide bonds. The van der Waals surface area contributed by atoms with Crippen LogP contribution in [0.3, 0.4) is 0 Å². The minimum atomic E-state index is -0.928. The lowest BCUT2D eigenvalue weighted by atomic mass is 9.69. The molecule has 0 aromatic rings. The molecule has 22 heavy (non-hydrogen) atoms. The van der Waals surface area contributed by atoms with Crippen LogP contribution in [0.25, 0.3) is 0 Å². The van der Waals surface area contributed by atoms with Crippen LogP contribution in [0.2, 0.25) is 0 Å². The maximum atomic E-state index is 14.5. The average Bonchev–Trinajstić information content (AvgIpc) is 2.56. The molecule has 0 spiro atoms. The van der Waals surface area contributed by atoms with E-state index in [4.69, 9.17) is 14.4 Å². The largest absolute Gasteiger partial charge is 0.525 e. The smallest absolute Gasteiger partial charge is 0.481 e.